The van der Waals surface area contributed by atoms with E-state index in [4.69, 9.17) is 14.5 Å². The molecule has 1 amide bonds. The van der Waals surface area contributed by atoms with Crippen molar-refractivity contribution in [2.75, 3.05) is 31.6 Å². The summed E-state index contributed by atoms with van der Waals surface area (Å²) in [5.74, 6) is 1.10. The number of carbonyl (C=O) groups excluding carboxylic acids is 1. The van der Waals surface area contributed by atoms with Gasteiger partial charge in [-0.1, -0.05) is 6.42 Å². The highest BCUT2D eigenvalue weighted by molar-refractivity contribution is 5.68. The van der Waals surface area contributed by atoms with Gasteiger partial charge in [-0.05, 0) is 83.4 Å². The maximum atomic E-state index is 12.1. The predicted octanol–water partition coefficient (Wildman–Crippen LogP) is 4.49. The molecule has 3 rings (SSSR count). The van der Waals surface area contributed by atoms with Gasteiger partial charge < -0.3 is 19.7 Å². The number of pyridine rings is 1. The van der Waals surface area contributed by atoms with E-state index in [1.54, 1.807) is 4.90 Å². The quantitative estimate of drug-likeness (QED) is 0.680. The van der Waals surface area contributed by atoms with E-state index < -0.39 is 5.60 Å². The van der Waals surface area contributed by atoms with Gasteiger partial charge in [0.05, 0.1) is 12.6 Å². The molecule has 1 aromatic rings. The van der Waals surface area contributed by atoms with Crippen molar-refractivity contribution < 1.29 is 14.3 Å². The molecule has 0 aromatic carbocycles. The second-order valence-corrected chi connectivity index (χ2v) is 9.31. The summed E-state index contributed by atoms with van der Waals surface area (Å²) < 4.78 is 11.4. The van der Waals surface area contributed by atoms with Crippen molar-refractivity contribution >= 4 is 11.9 Å². The summed E-state index contributed by atoms with van der Waals surface area (Å²) in [6.07, 6.45) is 7.47. The number of ether oxygens (including phenoxy) is 2. The molecule has 6 heteroatoms. The van der Waals surface area contributed by atoms with Gasteiger partial charge in [0.2, 0.25) is 0 Å². The van der Waals surface area contributed by atoms with E-state index >= 15 is 0 Å². The van der Waals surface area contributed by atoms with Crippen LogP contribution >= 0.6 is 0 Å². The summed E-state index contributed by atoms with van der Waals surface area (Å²) >= 11 is 0. The molecule has 1 atom stereocenters. The fourth-order valence-corrected chi connectivity index (χ4v) is 4.02. The molecular weight excluding hydrogens is 366 g/mol. The van der Waals surface area contributed by atoms with Crippen LogP contribution in [0.4, 0.5) is 10.6 Å². The molecule has 29 heavy (non-hydrogen) atoms. The first-order valence-electron chi connectivity index (χ1n) is 11.1. The third-order valence-electron chi connectivity index (χ3n) is 5.52. The van der Waals surface area contributed by atoms with Crippen LogP contribution in [0.2, 0.25) is 0 Å². The Bertz CT molecular complexity index is 699. The van der Waals surface area contributed by atoms with Crippen LogP contribution in [0.5, 0.6) is 0 Å². The number of likely N-dealkylation sites (tertiary alicyclic amines) is 1. The van der Waals surface area contributed by atoms with Gasteiger partial charge in [-0.2, -0.15) is 0 Å². The molecule has 0 spiro atoms. The molecule has 1 aromatic heterocycles. The van der Waals surface area contributed by atoms with Gasteiger partial charge in [-0.15, -0.1) is 0 Å². The molecule has 2 aliphatic heterocycles. The number of fused-ring (bicyclic) bond motifs is 1. The summed E-state index contributed by atoms with van der Waals surface area (Å²) in [6.45, 7) is 11.0. The van der Waals surface area contributed by atoms with Gasteiger partial charge in [-0.25, -0.2) is 9.78 Å². The zero-order valence-corrected chi connectivity index (χ0v) is 18.6. The molecule has 0 saturated carbocycles. The lowest BCUT2D eigenvalue weighted by molar-refractivity contribution is 0.0206. The summed E-state index contributed by atoms with van der Waals surface area (Å²) in [6, 6.07) is 2.26. The Morgan fingerprint density at radius 1 is 1.31 bits per heavy atom. The number of nitrogens with one attached hydrogen (secondary N) is 1. The molecule has 6 nitrogen and oxygen atoms in total. The molecule has 1 fully saturated rings. The molecule has 162 valence electrons. The van der Waals surface area contributed by atoms with Crippen LogP contribution in [0.1, 0.15) is 69.7 Å². The Morgan fingerprint density at radius 3 is 2.93 bits per heavy atom. The molecule has 0 aliphatic carbocycles. The molecular formula is C23H37N3O3. The fraction of sp³-hybridized carbons (Fsp3) is 0.739. The minimum Gasteiger partial charge on any atom is -0.444 e. The molecule has 1 N–H and O–H groups in total. The van der Waals surface area contributed by atoms with Crippen LogP contribution in [-0.2, 0) is 22.3 Å². The lowest BCUT2D eigenvalue weighted by Crippen LogP contribution is -2.36. The Balaban J connectivity index is 1.30. The van der Waals surface area contributed by atoms with Gasteiger partial charge in [0.1, 0.15) is 11.4 Å². The molecule has 0 radical (unpaired) electrons. The Morgan fingerprint density at radius 2 is 2.14 bits per heavy atom. The average molecular weight is 404 g/mol. The number of anilines is 1. The second-order valence-electron chi connectivity index (χ2n) is 9.31. The summed E-state index contributed by atoms with van der Waals surface area (Å²) in [5.41, 5.74) is 3.51. The van der Waals surface area contributed by atoms with Crippen LogP contribution in [0.25, 0.3) is 0 Å². The molecule has 2 aliphatic rings. The topological polar surface area (TPSA) is 63.7 Å². The second kappa shape index (κ2) is 9.79. The zero-order chi connectivity index (χ0) is 20.9. The summed E-state index contributed by atoms with van der Waals surface area (Å²) in [5, 5.41) is 3.44. The Kier molecular flexibility index (Phi) is 7.38. The maximum absolute atomic E-state index is 12.1. The number of nitrogens with zero attached hydrogens (tertiary/aromatic N) is 2. The number of hydrogen-bond donors (Lipinski definition) is 1. The Hall–Kier alpha value is -1.82. The van der Waals surface area contributed by atoms with E-state index in [0.29, 0.717) is 6.54 Å². The number of unbranched alkanes of at least 4 members (excludes halogenated alkanes) is 2. The van der Waals surface area contributed by atoms with Crippen molar-refractivity contribution in [1.29, 1.82) is 0 Å². The monoisotopic (exact) mass is 403 g/mol. The van der Waals surface area contributed by atoms with Crippen LogP contribution in [0.3, 0.4) is 0 Å². The van der Waals surface area contributed by atoms with Crippen molar-refractivity contribution in [3.8, 4) is 0 Å². The predicted molar refractivity (Wildman–Crippen MR) is 116 cm³/mol. The SMILES string of the molecule is Cc1cc(CCCCCO[C@@H]2CCN(C(=O)OC(C)(C)C)C2)nc2c1CCCN2. The number of amides is 1. The lowest BCUT2D eigenvalue weighted by Gasteiger charge is -2.24. The highest BCUT2D eigenvalue weighted by Crippen LogP contribution is 2.24. The molecule has 3 heterocycles. The van der Waals surface area contributed by atoms with E-state index in [1.807, 2.05) is 20.8 Å². The van der Waals surface area contributed by atoms with Gasteiger partial charge >= 0.3 is 6.09 Å². The van der Waals surface area contributed by atoms with Crippen LogP contribution in [0, 0.1) is 6.92 Å². The number of carbonyl (C=O) groups is 1. The Labute approximate surface area is 175 Å². The van der Waals surface area contributed by atoms with Crippen LogP contribution in [-0.4, -0.2) is 53.9 Å². The van der Waals surface area contributed by atoms with Gasteiger partial charge in [0.25, 0.3) is 0 Å². The van der Waals surface area contributed by atoms with E-state index in [2.05, 4.69) is 18.3 Å². The van der Waals surface area contributed by atoms with Crippen molar-refractivity contribution in [1.82, 2.24) is 9.88 Å². The van der Waals surface area contributed by atoms with Gasteiger partial charge in [0.15, 0.2) is 0 Å². The van der Waals surface area contributed by atoms with Crippen molar-refractivity contribution in [2.24, 2.45) is 0 Å². The standard InChI is InChI=1S/C23H37N3O3/c1-17-15-18(25-21-20(17)10-8-12-24-21)9-6-5-7-14-28-19-11-13-26(16-19)22(27)29-23(2,3)4/h15,19H,5-14,16H2,1-4H3,(H,24,25)/t19-/m1/s1. The fourth-order valence-electron chi connectivity index (χ4n) is 4.02. The smallest absolute Gasteiger partial charge is 0.410 e. The molecule has 0 unspecified atom stereocenters. The normalized spacial score (nSPS) is 19.0. The van der Waals surface area contributed by atoms with Gasteiger partial charge in [0, 0.05) is 25.4 Å². The number of hydrogen-bond acceptors (Lipinski definition) is 5. The van der Waals surface area contributed by atoms with Crippen molar-refractivity contribution in [3.63, 3.8) is 0 Å². The largest absolute Gasteiger partial charge is 0.444 e. The molecule has 1 saturated heterocycles. The first-order valence-corrected chi connectivity index (χ1v) is 11.1. The number of aromatic nitrogens is 1. The van der Waals surface area contributed by atoms with E-state index in [-0.39, 0.29) is 12.2 Å². The number of aryl methyl sites for hydroxylation is 2. The summed E-state index contributed by atoms with van der Waals surface area (Å²) in [7, 11) is 0. The average Bonchev–Trinajstić information content (AvgIpc) is 3.12. The van der Waals surface area contributed by atoms with Crippen molar-refractivity contribution in [2.45, 2.75) is 84.3 Å². The van der Waals surface area contributed by atoms with E-state index in [1.165, 1.54) is 23.2 Å². The summed E-state index contributed by atoms with van der Waals surface area (Å²) in [4.78, 5) is 18.7. The van der Waals surface area contributed by atoms with E-state index in [0.717, 1.165) is 64.0 Å². The third-order valence-corrected chi connectivity index (χ3v) is 5.52. The van der Waals surface area contributed by atoms with Crippen LogP contribution < -0.4 is 5.32 Å². The third kappa shape index (κ3) is 6.59. The minimum absolute atomic E-state index is 0.138. The minimum atomic E-state index is -0.447. The first-order chi connectivity index (χ1) is 13.8. The van der Waals surface area contributed by atoms with Crippen LogP contribution in [0.15, 0.2) is 6.07 Å². The molecule has 0 bridgehead atoms. The van der Waals surface area contributed by atoms with Gasteiger partial charge in [-0.3, -0.25) is 0 Å². The zero-order valence-electron chi connectivity index (χ0n) is 18.6. The van der Waals surface area contributed by atoms with E-state index in [9.17, 15) is 4.79 Å². The number of rotatable bonds is 7. The lowest BCUT2D eigenvalue weighted by atomic mass is 10.00. The first kappa shape index (κ1) is 21.9. The van der Waals surface area contributed by atoms with Crippen molar-refractivity contribution in [3.05, 3.63) is 22.9 Å². The maximum Gasteiger partial charge on any atom is 0.410 e. The highest BCUT2D eigenvalue weighted by atomic mass is 16.6. The highest BCUT2D eigenvalue weighted by Gasteiger charge is 2.30.